The van der Waals surface area contributed by atoms with Crippen LogP contribution in [0.3, 0.4) is 0 Å². The van der Waals surface area contributed by atoms with Gasteiger partial charge in [0.05, 0.1) is 0 Å². The molecule has 0 atom stereocenters. The second-order valence-electron chi connectivity index (χ2n) is 3.57. The number of unbranched alkanes of at least 4 members (excludes halogenated alkanes) is 1. The van der Waals surface area contributed by atoms with Crippen LogP contribution in [-0.2, 0) is 4.79 Å². The molecule has 3 N–H and O–H groups in total. The summed E-state index contributed by atoms with van der Waals surface area (Å²) in [6.07, 6.45) is 5.32. The maximum Gasteiger partial charge on any atom is 0.217 e. The fourth-order valence-corrected chi connectivity index (χ4v) is 1.18. The molecule has 1 saturated carbocycles. The Balaban J connectivity index is 1.73. The van der Waals surface area contributed by atoms with Gasteiger partial charge in [-0.1, -0.05) is 0 Å². The summed E-state index contributed by atoms with van der Waals surface area (Å²) in [4.78, 5) is 10.4. The number of rotatable bonds is 7. The van der Waals surface area contributed by atoms with Crippen LogP contribution in [0.2, 0.25) is 0 Å². The van der Waals surface area contributed by atoms with Crippen molar-refractivity contribution < 1.29 is 4.79 Å². The molecule has 0 radical (unpaired) electrons. The molecule has 0 aromatic carbocycles. The van der Waals surface area contributed by atoms with E-state index in [2.05, 4.69) is 5.32 Å². The van der Waals surface area contributed by atoms with Crippen molar-refractivity contribution in [2.45, 2.75) is 32.1 Å². The summed E-state index contributed by atoms with van der Waals surface area (Å²) in [5, 5.41) is 3.37. The summed E-state index contributed by atoms with van der Waals surface area (Å²) in [7, 11) is 0. The van der Waals surface area contributed by atoms with E-state index >= 15 is 0 Å². The molecule has 0 bridgehead atoms. The molecule has 0 aromatic heterocycles. The van der Waals surface area contributed by atoms with Crippen LogP contribution in [0.15, 0.2) is 0 Å². The first kappa shape index (κ1) is 9.52. The third kappa shape index (κ3) is 5.13. The Hall–Kier alpha value is -0.570. The Labute approximate surface area is 73.7 Å². The standard InChI is InChI=1S/C9H18N2O/c10-9(12)3-1-2-6-11-7-8-4-5-8/h8,11H,1-7H2,(H2,10,12). The summed E-state index contributed by atoms with van der Waals surface area (Å²) < 4.78 is 0. The number of hydrogen-bond acceptors (Lipinski definition) is 2. The minimum Gasteiger partial charge on any atom is -0.370 e. The summed E-state index contributed by atoms with van der Waals surface area (Å²) >= 11 is 0. The Morgan fingerprint density at radius 2 is 2.17 bits per heavy atom. The smallest absolute Gasteiger partial charge is 0.217 e. The third-order valence-electron chi connectivity index (χ3n) is 2.16. The van der Waals surface area contributed by atoms with E-state index in [1.807, 2.05) is 0 Å². The Morgan fingerprint density at radius 3 is 2.75 bits per heavy atom. The van der Waals surface area contributed by atoms with E-state index in [0.717, 1.165) is 31.8 Å². The molecule has 1 aliphatic carbocycles. The lowest BCUT2D eigenvalue weighted by molar-refractivity contribution is -0.118. The second kappa shape index (κ2) is 5.14. The van der Waals surface area contributed by atoms with E-state index in [0.29, 0.717) is 6.42 Å². The van der Waals surface area contributed by atoms with Crippen LogP contribution >= 0.6 is 0 Å². The van der Waals surface area contributed by atoms with Crippen molar-refractivity contribution in [3.8, 4) is 0 Å². The van der Waals surface area contributed by atoms with Gasteiger partial charge in [-0.3, -0.25) is 4.79 Å². The van der Waals surface area contributed by atoms with E-state index in [-0.39, 0.29) is 5.91 Å². The fourth-order valence-electron chi connectivity index (χ4n) is 1.18. The van der Waals surface area contributed by atoms with Gasteiger partial charge in [0, 0.05) is 6.42 Å². The van der Waals surface area contributed by atoms with Gasteiger partial charge in [0.15, 0.2) is 0 Å². The summed E-state index contributed by atoms with van der Waals surface area (Å²) in [5.41, 5.74) is 5.01. The van der Waals surface area contributed by atoms with Crippen molar-refractivity contribution in [2.75, 3.05) is 13.1 Å². The van der Waals surface area contributed by atoms with Gasteiger partial charge in [-0.15, -0.1) is 0 Å². The van der Waals surface area contributed by atoms with E-state index in [4.69, 9.17) is 5.73 Å². The predicted octanol–water partition coefficient (Wildman–Crippen LogP) is 0.642. The van der Waals surface area contributed by atoms with Gasteiger partial charge in [-0.05, 0) is 44.7 Å². The Bertz CT molecular complexity index is 143. The van der Waals surface area contributed by atoms with Crippen LogP contribution in [0.5, 0.6) is 0 Å². The Morgan fingerprint density at radius 1 is 1.42 bits per heavy atom. The van der Waals surface area contributed by atoms with Crippen molar-refractivity contribution in [1.82, 2.24) is 5.32 Å². The number of nitrogens with one attached hydrogen (secondary N) is 1. The monoisotopic (exact) mass is 170 g/mol. The highest BCUT2D eigenvalue weighted by Gasteiger charge is 2.19. The zero-order valence-corrected chi connectivity index (χ0v) is 7.51. The number of amides is 1. The second-order valence-corrected chi connectivity index (χ2v) is 3.57. The number of carbonyl (C=O) groups excluding carboxylic acids is 1. The largest absolute Gasteiger partial charge is 0.370 e. The highest BCUT2D eigenvalue weighted by molar-refractivity contribution is 5.73. The quantitative estimate of drug-likeness (QED) is 0.551. The molecule has 3 nitrogen and oxygen atoms in total. The van der Waals surface area contributed by atoms with Gasteiger partial charge < -0.3 is 11.1 Å². The van der Waals surface area contributed by atoms with Crippen LogP contribution in [0.4, 0.5) is 0 Å². The van der Waals surface area contributed by atoms with Crippen molar-refractivity contribution >= 4 is 5.91 Å². The zero-order chi connectivity index (χ0) is 8.81. The maximum atomic E-state index is 10.4. The number of primary amides is 1. The van der Waals surface area contributed by atoms with Crippen molar-refractivity contribution in [3.63, 3.8) is 0 Å². The molecule has 1 aliphatic rings. The van der Waals surface area contributed by atoms with Gasteiger partial charge in [-0.2, -0.15) is 0 Å². The molecule has 1 rings (SSSR count). The highest BCUT2D eigenvalue weighted by atomic mass is 16.1. The van der Waals surface area contributed by atoms with Gasteiger partial charge in [0.2, 0.25) is 5.91 Å². The molecule has 12 heavy (non-hydrogen) atoms. The molecule has 0 unspecified atom stereocenters. The van der Waals surface area contributed by atoms with Gasteiger partial charge in [0.1, 0.15) is 0 Å². The van der Waals surface area contributed by atoms with Crippen molar-refractivity contribution in [2.24, 2.45) is 11.7 Å². The van der Waals surface area contributed by atoms with Gasteiger partial charge in [-0.25, -0.2) is 0 Å². The van der Waals surface area contributed by atoms with Crippen LogP contribution in [0, 0.1) is 5.92 Å². The lowest BCUT2D eigenvalue weighted by atomic mass is 10.2. The van der Waals surface area contributed by atoms with Crippen LogP contribution < -0.4 is 11.1 Å². The van der Waals surface area contributed by atoms with Crippen molar-refractivity contribution in [3.05, 3.63) is 0 Å². The first-order valence-electron chi connectivity index (χ1n) is 4.78. The first-order valence-corrected chi connectivity index (χ1v) is 4.78. The summed E-state index contributed by atoms with van der Waals surface area (Å²) in [6, 6.07) is 0. The minimum atomic E-state index is -0.183. The minimum absolute atomic E-state index is 0.183. The van der Waals surface area contributed by atoms with E-state index in [1.165, 1.54) is 12.8 Å². The number of hydrogen-bond donors (Lipinski definition) is 2. The number of carbonyl (C=O) groups is 1. The molecule has 0 heterocycles. The van der Waals surface area contributed by atoms with E-state index < -0.39 is 0 Å². The molecular formula is C9H18N2O. The fraction of sp³-hybridized carbons (Fsp3) is 0.889. The van der Waals surface area contributed by atoms with E-state index in [9.17, 15) is 4.79 Å². The van der Waals surface area contributed by atoms with Crippen molar-refractivity contribution in [1.29, 1.82) is 0 Å². The average molecular weight is 170 g/mol. The first-order chi connectivity index (χ1) is 5.79. The van der Waals surface area contributed by atoms with Crippen LogP contribution in [-0.4, -0.2) is 19.0 Å². The highest BCUT2D eigenvalue weighted by Crippen LogP contribution is 2.27. The van der Waals surface area contributed by atoms with Gasteiger partial charge in [0.25, 0.3) is 0 Å². The lowest BCUT2D eigenvalue weighted by Gasteiger charge is -2.01. The predicted molar refractivity (Wildman–Crippen MR) is 48.6 cm³/mol. The van der Waals surface area contributed by atoms with Gasteiger partial charge >= 0.3 is 0 Å². The molecule has 1 fully saturated rings. The molecule has 3 heteroatoms. The summed E-state index contributed by atoms with van der Waals surface area (Å²) in [6.45, 7) is 2.19. The zero-order valence-electron chi connectivity index (χ0n) is 7.51. The maximum absolute atomic E-state index is 10.4. The normalized spacial score (nSPS) is 16.3. The molecule has 1 amide bonds. The molecule has 70 valence electrons. The lowest BCUT2D eigenvalue weighted by Crippen LogP contribution is -2.18. The average Bonchev–Trinajstić information content (AvgIpc) is 2.79. The SMILES string of the molecule is NC(=O)CCCCNCC1CC1. The number of nitrogens with two attached hydrogens (primary N) is 1. The molecule has 0 spiro atoms. The third-order valence-corrected chi connectivity index (χ3v) is 2.16. The summed E-state index contributed by atoms with van der Waals surface area (Å²) in [5.74, 6) is 0.762. The molecular weight excluding hydrogens is 152 g/mol. The molecule has 0 saturated heterocycles. The van der Waals surface area contributed by atoms with Crippen LogP contribution in [0.25, 0.3) is 0 Å². The Kier molecular flexibility index (Phi) is 4.08. The topological polar surface area (TPSA) is 55.1 Å². The molecule has 0 aromatic rings. The van der Waals surface area contributed by atoms with E-state index in [1.54, 1.807) is 0 Å². The molecule has 0 aliphatic heterocycles. The van der Waals surface area contributed by atoms with Crippen LogP contribution in [0.1, 0.15) is 32.1 Å².